The summed E-state index contributed by atoms with van der Waals surface area (Å²) in [6.07, 6.45) is -0.584. The van der Waals surface area contributed by atoms with Crippen LogP contribution >= 0.6 is 0 Å². The molecule has 1 fully saturated rings. The first-order valence-corrected chi connectivity index (χ1v) is 8.78. The third kappa shape index (κ3) is 4.92. The zero-order chi connectivity index (χ0) is 18.4. The summed E-state index contributed by atoms with van der Waals surface area (Å²) < 4.78 is 11.0. The Kier molecular flexibility index (Phi) is 6.01. The highest BCUT2D eigenvalue weighted by Crippen LogP contribution is 2.13. The van der Waals surface area contributed by atoms with Gasteiger partial charge in [0.1, 0.15) is 5.75 Å². The van der Waals surface area contributed by atoms with Crippen LogP contribution in [0.4, 0.5) is 5.95 Å². The quantitative estimate of drug-likeness (QED) is 0.849. The molecule has 7 nitrogen and oxygen atoms in total. The second kappa shape index (κ2) is 8.62. The van der Waals surface area contributed by atoms with Gasteiger partial charge >= 0.3 is 0 Å². The molecule has 0 bridgehead atoms. The number of amides is 1. The third-order valence-corrected chi connectivity index (χ3v) is 4.06. The van der Waals surface area contributed by atoms with Crippen LogP contribution < -0.4 is 15.0 Å². The van der Waals surface area contributed by atoms with Crippen molar-refractivity contribution < 1.29 is 14.3 Å². The lowest BCUT2D eigenvalue weighted by Crippen LogP contribution is -2.38. The number of nitrogens with one attached hydrogen (secondary N) is 1. The number of carbonyl (C=O) groups excluding carboxylic acids is 1. The van der Waals surface area contributed by atoms with E-state index in [1.807, 2.05) is 43.3 Å². The molecule has 2 aromatic rings. The number of para-hydroxylation sites is 1. The molecule has 1 amide bonds. The zero-order valence-corrected chi connectivity index (χ0v) is 15.1. The first-order chi connectivity index (χ1) is 12.6. The van der Waals surface area contributed by atoms with Crippen molar-refractivity contribution in [3.05, 3.63) is 47.8 Å². The normalized spacial score (nSPS) is 15.4. The minimum Gasteiger partial charge on any atom is -0.481 e. The molecule has 2 heterocycles. The smallest absolute Gasteiger partial charge is 0.261 e. The molecule has 1 aromatic carbocycles. The van der Waals surface area contributed by atoms with Crippen molar-refractivity contribution in [2.24, 2.45) is 0 Å². The van der Waals surface area contributed by atoms with E-state index in [1.165, 1.54) is 0 Å². The van der Waals surface area contributed by atoms with Crippen molar-refractivity contribution >= 4 is 11.9 Å². The van der Waals surface area contributed by atoms with E-state index in [0.29, 0.717) is 31.5 Å². The average molecular weight is 356 g/mol. The van der Waals surface area contributed by atoms with Gasteiger partial charge in [-0.3, -0.25) is 4.79 Å². The molecule has 138 valence electrons. The van der Waals surface area contributed by atoms with Gasteiger partial charge in [-0.15, -0.1) is 0 Å². The number of aromatic nitrogens is 2. The van der Waals surface area contributed by atoms with Crippen molar-refractivity contribution in [2.75, 3.05) is 31.2 Å². The lowest BCUT2D eigenvalue weighted by molar-refractivity contribution is -0.127. The summed E-state index contributed by atoms with van der Waals surface area (Å²) in [5.41, 5.74) is 1.65. The Morgan fingerprint density at radius 1 is 1.27 bits per heavy atom. The first kappa shape index (κ1) is 18.1. The molecule has 1 aliphatic heterocycles. The largest absolute Gasteiger partial charge is 0.481 e. The van der Waals surface area contributed by atoms with Gasteiger partial charge in [0.2, 0.25) is 5.95 Å². The highest BCUT2D eigenvalue weighted by molar-refractivity contribution is 5.80. The molecule has 1 aliphatic rings. The molecule has 0 radical (unpaired) electrons. The molecule has 3 rings (SSSR count). The predicted molar refractivity (Wildman–Crippen MR) is 98.2 cm³/mol. The average Bonchev–Trinajstić information content (AvgIpc) is 2.67. The van der Waals surface area contributed by atoms with Crippen LogP contribution in [0.25, 0.3) is 0 Å². The summed E-state index contributed by atoms with van der Waals surface area (Å²) in [6, 6.07) is 11.2. The fourth-order valence-electron chi connectivity index (χ4n) is 2.69. The molecule has 0 spiro atoms. The predicted octanol–water partition coefficient (Wildman–Crippen LogP) is 1.71. The number of benzene rings is 1. The van der Waals surface area contributed by atoms with Gasteiger partial charge in [-0.2, -0.15) is 0 Å². The minimum absolute atomic E-state index is 0.182. The van der Waals surface area contributed by atoms with Crippen molar-refractivity contribution in [1.82, 2.24) is 15.3 Å². The summed E-state index contributed by atoms with van der Waals surface area (Å²) in [5.74, 6) is 1.17. The Hall–Kier alpha value is -2.67. The van der Waals surface area contributed by atoms with Crippen LogP contribution in [0.1, 0.15) is 18.3 Å². The van der Waals surface area contributed by atoms with E-state index in [9.17, 15) is 4.79 Å². The summed E-state index contributed by atoms with van der Waals surface area (Å²) in [6.45, 7) is 6.90. The maximum Gasteiger partial charge on any atom is 0.261 e. The monoisotopic (exact) mass is 356 g/mol. The Bertz CT molecular complexity index is 733. The summed E-state index contributed by atoms with van der Waals surface area (Å²) in [7, 11) is 0. The number of rotatable bonds is 6. The molecule has 1 saturated heterocycles. The lowest BCUT2D eigenvalue weighted by Gasteiger charge is -2.27. The molecule has 1 N–H and O–H groups in total. The fraction of sp³-hybridized carbons (Fsp3) is 0.421. The number of morpholine rings is 1. The molecule has 0 unspecified atom stereocenters. The highest BCUT2D eigenvalue weighted by atomic mass is 16.5. The van der Waals surface area contributed by atoms with Crippen molar-refractivity contribution in [3.8, 4) is 5.75 Å². The van der Waals surface area contributed by atoms with Crippen LogP contribution in [0.5, 0.6) is 5.75 Å². The minimum atomic E-state index is -0.584. The second-order valence-corrected chi connectivity index (χ2v) is 6.19. The Balaban J connectivity index is 1.58. The fourth-order valence-corrected chi connectivity index (χ4v) is 2.69. The highest BCUT2D eigenvalue weighted by Gasteiger charge is 2.17. The number of carbonyl (C=O) groups is 1. The van der Waals surface area contributed by atoms with E-state index < -0.39 is 6.10 Å². The Morgan fingerprint density at radius 3 is 2.73 bits per heavy atom. The third-order valence-electron chi connectivity index (χ3n) is 4.06. The second-order valence-electron chi connectivity index (χ2n) is 6.19. The van der Waals surface area contributed by atoms with Crippen LogP contribution in [0.3, 0.4) is 0 Å². The van der Waals surface area contributed by atoms with E-state index >= 15 is 0 Å². The topological polar surface area (TPSA) is 76.6 Å². The molecule has 1 atom stereocenters. The number of hydrogen-bond acceptors (Lipinski definition) is 6. The number of anilines is 1. The van der Waals surface area contributed by atoms with Crippen molar-refractivity contribution in [1.29, 1.82) is 0 Å². The van der Waals surface area contributed by atoms with Crippen molar-refractivity contribution in [2.45, 2.75) is 26.5 Å². The van der Waals surface area contributed by atoms with Crippen LogP contribution in [0.2, 0.25) is 0 Å². The van der Waals surface area contributed by atoms with Crippen LogP contribution in [-0.2, 0) is 16.1 Å². The van der Waals surface area contributed by atoms with E-state index in [0.717, 1.165) is 24.5 Å². The van der Waals surface area contributed by atoms with Crippen LogP contribution in [-0.4, -0.2) is 48.3 Å². The molecule has 7 heteroatoms. The molecular formula is C19H24N4O3. The number of hydrogen-bond donors (Lipinski definition) is 1. The van der Waals surface area contributed by atoms with E-state index in [4.69, 9.17) is 9.47 Å². The number of aryl methyl sites for hydroxylation is 1. The van der Waals surface area contributed by atoms with Crippen LogP contribution in [0, 0.1) is 6.92 Å². The molecule has 0 saturated carbocycles. The Labute approximate surface area is 153 Å². The molecular weight excluding hydrogens is 332 g/mol. The van der Waals surface area contributed by atoms with Gasteiger partial charge in [-0.25, -0.2) is 9.97 Å². The van der Waals surface area contributed by atoms with E-state index in [1.54, 1.807) is 6.92 Å². The molecule has 26 heavy (non-hydrogen) atoms. The van der Waals surface area contributed by atoms with Gasteiger partial charge in [0, 0.05) is 18.8 Å². The summed E-state index contributed by atoms with van der Waals surface area (Å²) in [5, 5.41) is 2.88. The lowest BCUT2D eigenvalue weighted by atomic mass is 10.3. The maximum absolute atomic E-state index is 12.3. The first-order valence-electron chi connectivity index (χ1n) is 8.78. The van der Waals surface area contributed by atoms with E-state index in [2.05, 4.69) is 20.2 Å². The maximum atomic E-state index is 12.3. The van der Waals surface area contributed by atoms with Crippen molar-refractivity contribution in [3.63, 3.8) is 0 Å². The zero-order valence-electron chi connectivity index (χ0n) is 15.1. The number of ether oxygens (including phenoxy) is 2. The van der Waals surface area contributed by atoms with Gasteiger partial charge < -0.3 is 19.7 Å². The number of nitrogens with zero attached hydrogens (tertiary/aromatic N) is 3. The standard InChI is InChI=1S/C19H24N4O3/c1-14-12-16(22-19(21-14)23-8-10-25-11-9-23)13-20-18(24)15(2)26-17-6-4-3-5-7-17/h3-7,12,15H,8-11,13H2,1-2H3,(H,20,24)/t15-/m0/s1. The SMILES string of the molecule is Cc1cc(CNC(=O)[C@H](C)Oc2ccccc2)nc(N2CCOCC2)n1. The summed E-state index contributed by atoms with van der Waals surface area (Å²) >= 11 is 0. The van der Waals surface area contributed by atoms with Gasteiger partial charge in [-0.1, -0.05) is 18.2 Å². The molecule has 0 aliphatic carbocycles. The van der Waals surface area contributed by atoms with Gasteiger partial charge in [0.25, 0.3) is 5.91 Å². The van der Waals surface area contributed by atoms with Gasteiger partial charge in [0.05, 0.1) is 25.5 Å². The van der Waals surface area contributed by atoms with Gasteiger partial charge in [0.15, 0.2) is 6.10 Å². The molecule has 1 aromatic heterocycles. The van der Waals surface area contributed by atoms with Crippen LogP contribution in [0.15, 0.2) is 36.4 Å². The van der Waals surface area contributed by atoms with E-state index in [-0.39, 0.29) is 5.91 Å². The Morgan fingerprint density at radius 2 is 2.00 bits per heavy atom. The summed E-state index contributed by atoms with van der Waals surface area (Å²) in [4.78, 5) is 23.5. The van der Waals surface area contributed by atoms with Gasteiger partial charge in [-0.05, 0) is 32.0 Å².